The number of hydrogen-bond donors (Lipinski definition) is 2. The second-order valence-electron chi connectivity index (χ2n) is 13.8. The van der Waals surface area contributed by atoms with Crippen molar-refractivity contribution in [2.75, 3.05) is 10.6 Å². The van der Waals surface area contributed by atoms with Crippen LogP contribution in [0.25, 0.3) is 44.3 Å². The van der Waals surface area contributed by atoms with E-state index in [4.69, 9.17) is 4.74 Å². The first-order valence-corrected chi connectivity index (χ1v) is 18.2. The Bertz CT molecular complexity index is 2760. The Kier molecular flexibility index (Phi) is 8.40. The SMILES string of the molecule is Cc1cc(C)c(Nc2ccccc2Nc2cc(Oc3cccc(-n4cc(-c5ccccc5)cn4)c3)cc3c4ccccc4n(-c4ccccc4)c23)c(C)c1. The third-order valence-electron chi connectivity index (χ3n) is 9.90. The molecule has 0 unspecified atom stereocenters. The number of fused-ring (bicyclic) bond motifs is 3. The Hall–Kier alpha value is -7.05. The highest BCUT2D eigenvalue weighted by molar-refractivity contribution is 6.14. The molecule has 9 rings (SSSR count). The second-order valence-corrected chi connectivity index (χ2v) is 13.8. The maximum atomic E-state index is 6.74. The van der Waals surface area contributed by atoms with Crippen LogP contribution in [0.1, 0.15) is 16.7 Å². The van der Waals surface area contributed by atoms with Crippen LogP contribution >= 0.6 is 0 Å². The Morgan fingerprint density at radius 2 is 1.19 bits per heavy atom. The van der Waals surface area contributed by atoms with Crippen LogP contribution in [-0.2, 0) is 0 Å². The molecule has 0 saturated heterocycles. The predicted molar refractivity (Wildman–Crippen MR) is 224 cm³/mol. The fraction of sp³-hybridized carbons (Fsp3) is 0.0625. The van der Waals surface area contributed by atoms with Crippen LogP contribution in [0.5, 0.6) is 11.5 Å². The first kappa shape index (κ1) is 32.8. The van der Waals surface area contributed by atoms with E-state index in [-0.39, 0.29) is 0 Å². The molecule has 0 fully saturated rings. The lowest BCUT2D eigenvalue weighted by Gasteiger charge is -2.19. The molecular weight excluding hydrogens is 663 g/mol. The van der Waals surface area contributed by atoms with Crippen molar-refractivity contribution < 1.29 is 4.74 Å². The number of anilines is 4. The molecule has 0 saturated carbocycles. The van der Waals surface area contributed by atoms with E-state index in [1.54, 1.807) is 0 Å². The van der Waals surface area contributed by atoms with Crippen LogP contribution in [0.3, 0.4) is 0 Å². The fourth-order valence-corrected chi connectivity index (χ4v) is 7.50. The number of para-hydroxylation sites is 4. The molecule has 0 amide bonds. The average Bonchev–Trinajstić information content (AvgIpc) is 3.82. The van der Waals surface area contributed by atoms with E-state index in [0.29, 0.717) is 5.75 Å². The molecule has 0 radical (unpaired) electrons. The highest BCUT2D eigenvalue weighted by Crippen LogP contribution is 2.42. The lowest BCUT2D eigenvalue weighted by molar-refractivity contribution is 0.483. The van der Waals surface area contributed by atoms with Crippen molar-refractivity contribution in [3.8, 4) is 34.0 Å². The van der Waals surface area contributed by atoms with Gasteiger partial charge in [-0.2, -0.15) is 5.10 Å². The van der Waals surface area contributed by atoms with Gasteiger partial charge in [-0.05, 0) is 86.0 Å². The Balaban J connectivity index is 1.16. The van der Waals surface area contributed by atoms with Crippen molar-refractivity contribution in [3.05, 3.63) is 187 Å². The van der Waals surface area contributed by atoms with Crippen LogP contribution in [-0.4, -0.2) is 14.3 Å². The molecule has 0 bridgehead atoms. The van der Waals surface area contributed by atoms with E-state index in [9.17, 15) is 0 Å². The molecule has 0 spiro atoms. The topological polar surface area (TPSA) is 56.0 Å². The van der Waals surface area contributed by atoms with Crippen LogP contribution < -0.4 is 15.4 Å². The number of benzene rings is 7. The monoisotopic (exact) mass is 701 g/mol. The molecule has 6 heteroatoms. The molecule has 0 atom stereocenters. The largest absolute Gasteiger partial charge is 0.457 e. The third-order valence-corrected chi connectivity index (χ3v) is 9.90. The van der Waals surface area contributed by atoms with Crippen LogP contribution in [0.2, 0.25) is 0 Å². The van der Waals surface area contributed by atoms with Gasteiger partial charge in [0.05, 0.1) is 40.0 Å². The number of nitrogens with one attached hydrogen (secondary N) is 2. The van der Waals surface area contributed by atoms with E-state index in [2.05, 4.69) is 156 Å². The van der Waals surface area contributed by atoms with Gasteiger partial charge >= 0.3 is 0 Å². The van der Waals surface area contributed by atoms with Gasteiger partial charge in [-0.15, -0.1) is 0 Å². The third kappa shape index (κ3) is 6.24. The summed E-state index contributed by atoms with van der Waals surface area (Å²) in [6, 6.07) is 54.5. The fourth-order valence-electron chi connectivity index (χ4n) is 7.50. The normalized spacial score (nSPS) is 11.2. The van der Waals surface area contributed by atoms with Crippen molar-refractivity contribution >= 4 is 44.6 Å². The molecule has 2 heterocycles. The van der Waals surface area contributed by atoms with Crippen LogP contribution in [0.15, 0.2) is 170 Å². The molecule has 0 aliphatic carbocycles. The van der Waals surface area contributed by atoms with E-state index in [0.717, 1.165) is 72.8 Å². The predicted octanol–water partition coefficient (Wildman–Crippen LogP) is 12.8. The molecule has 9 aromatic rings. The van der Waals surface area contributed by atoms with Gasteiger partial charge in [-0.3, -0.25) is 0 Å². The van der Waals surface area contributed by atoms with Gasteiger partial charge in [0.1, 0.15) is 11.5 Å². The first-order valence-electron chi connectivity index (χ1n) is 18.2. The molecule has 2 aromatic heterocycles. The minimum absolute atomic E-state index is 0.716. The Morgan fingerprint density at radius 1 is 0.519 bits per heavy atom. The van der Waals surface area contributed by atoms with Crippen molar-refractivity contribution in [2.45, 2.75) is 20.8 Å². The zero-order chi connectivity index (χ0) is 36.6. The lowest BCUT2D eigenvalue weighted by Crippen LogP contribution is -2.02. The van der Waals surface area contributed by atoms with Crippen LogP contribution in [0, 0.1) is 20.8 Å². The van der Waals surface area contributed by atoms with Gasteiger partial charge in [0, 0.05) is 46.0 Å². The standard InChI is InChI=1S/C48H39N5O/c1-32-25-33(2)47(34(3)26-32)51-44-23-12-11-22-43(44)50-45-29-40(28-42-41-21-10-13-24-46(41)53(48(42)45)37-17-8-5-9-18-37)54-39-20-14-19-38(27-39)52-31-36(30-49-52)35-15-6-4-7-16-35/h4-31,50-51H,1-3H3. The number of rotatable bonds is 9. The number of aromatic nitrogens is 3. The summed E-state index contributed by atoms with van der Waals surface area (Å²) in [5.41, 5.74) is 14.0. The molecule has 0 aliphatic rings. The average molecular weight is 702 g/mol. The minimum Gasteiger partial charge on any atom is -0.457 e. The van der Waals surface area contributed by atoms with Gasteiger partial charge in [0.25, 0.3) is 0 Å². The van der Waals surface area contributed by atoms with Gasteiger partial charge < -0.3 is 19.9 Å². The quantitative estimate of drug-likeness (QED) is 0.157. The molecule has 0 aliphatic heterocycles. The summed E-state index contributed by atoms with van der Waals surface area (Å²) in [6.07, 6.45) is 3.94. The van der Waals surface area contributed by atoms with Gasteiger partial charge in [-0.25, -0.2) is 4.68 Å². The lowest BCUT2D eigenvalue weighted by atomic mass is 10.0. The van der Waals surface area contributed by atoms with Crippen molar-refractivity contribution in [1.29, 1.82) is 0 Å². The highest BCUT2D eigenvalue weighted by Gasteiger charge is 2.19. The zero-order valence-electron chi connectivity index (χ0n) is 30.4. The molecule has 54 heavy (non-hydrogen) atoms. The summed E-state index contributed by atoms with van der Waals surface area (Å²) >= 11 is 0. The summed E-state index contributed by atoms with van der Waals surface area (Å²) in [5, 5.41) is 14.5. The van der Waals surface area contributed by atoms with Crippen LogP contribution in [0.4, 0.5) is 22.7 Å². The Morgan fingerprint density at radius 3 is 1.96 bits per heavy atom. The molecule has 2 N–H and O–H groups in total. The van der Waals surface area contributed by atoms with Crippen molar-refractivity contribution in [1.82, 2.24) is 14.3 Å². The minimum atomic E-state index is 0.716. The smallest absolute Gasteiger partial charge is 0.130 e. The zero-order valence-corrected chi connectivity index (χ0v) is 30.4. The molecule has 262 valence electrons. The van der Waals surface area contributed by atoms with Crippen molar-refractivity contribution in [2.24, 2.45) is 0 Å². The van der Waals surface area contributed by atoms with E-state index < -0.39 is 0 Å². The molecule has 7 aromatic carbocycles. The molecule has 6 nitrogen and oxygen atoms in total. The summed E-state index contributed by atoms with van der Waals surface area (Å²) in [5.74, 6) is 1.44. The number of aryl methyl sites for hydroxylation is 3. The van der Waals surface area contributed by atoms with E-state index in [1.165, 1.54) is 16.7 Å². The number of ether oxygens (including phenoxy) is 1. The summed E-state index contributed by atoms with van der Waals surface area (Å²) in [4.78, 5) is 0. The maximum absolute atomic E-state index is 6.74. The maximum Gasteiger partial charge on any atom is 0.130 e. The van der Waals surface area contributed by atoms with E-state index in [1.807, 2.05) is 59.5 Å². The summed E-state index contributed by atoms with van der Waals surface area (Å²) in [7, 11) is 0. The highest BCUT2D eigenvalue weighted by atomic mass is 16.5. The van der Waals surface area contributed by atoms with Crippen molar-refractivity contribution in [3.63, 3.8) is 0 Å². The van der Waals surface area contributed by atoms with Gasteiger partial charge in [0.15, 0.2) is 0 Å². The summed E-state index contributed by atoms with van der Waals surface area (Å²) < 4.78 is 11.0. The number of hydrogen-bond acceptors (Lipinski definition) is 4. The molecular formula is C48H39N5O. The summed E-state index contributed by atoms with van der Waals surface area (Å²) in [6.45, 7) is 6.45. The van der Waals surface area contributed by atoms with E-state index >= 15 is 0 Å². The second kappa shape index (κ2) is 13.8. The van der Waals surface area contributed by atoms with Gasteiger partial charge in [-0.1, -0.05) is 103 Å². The first-order chi connectivity index (χ1) is 26.5. The number of nitrogens with zero attached hydrogens (tertiary/aromatic N) is 3. The Labute approximate surface area is 314 Å². The van der Waals surface area contributed by atoms with Gasteiger partial charge in [0.2, 0.25) is 0 Å².